The quantitative estimate of drug-likeness (QED) is 0.708. The summed E-state index contributed by atoms with van der Waals surface area (Å²) in [5.74, 6) is 1.53. The van der Waals surface area contributed by atoms with Crippen molar-refractivity contribution in [2.45, 2.75) is 37.7 Å². The van der Waals surface area contributed by atoms with Gasteiger partial charge in [0.15, 0.2) is 0 Å². The number of anilines is 1. The molecule has 2 aliphatic rings. The summed E-state index contributed by atoms with van der Waals surface area (Å²) in [6.07, 6.45) is 3.70. The molecule has 6 heteroatoms. The van der Waals surface area contributed by atoms with Crippen molar-refractivity contribution in [3.8, 4) is 0 Å². The molecule has 162 valence electrons. The van der Waals surface area contributed by atoms with E-state index in [4.69, 9.17) is 0 Å². The van der Waals surface area contributed by atoms with Crippen LogP contribution in [0.4, 0.5) is 5.69 Å². The lowest BCUT2D eigenvalue weighted by Crippen LogP contribution is -2.33. The van der Waals surface area contributed by atoms with Crippen LogP contribution in [0.5, 0.6) is 0 Å². The van der Waals surface area contributed by atoms with Gasteiger partial charge in [0.05, 0.1) is 11.9 Å². The van der Waals surface area contributed by atoms with Gasteiger partial charge >= 0.3 is 0 Å². The van der Waals surface area contributed by atoms with Crippen LogP contribution in [0.1, 0.15) is 36.8 Å². The van der Waals surface area contributed by atoms with Crippen molar-refractivity contribution in [3.05, 3.63) is 65.7 Å². The SMILES string of the molecule is CC(CN1C[C@@H]2CC(O)(Cc3ccccc3)C[C@@H]2C1)c1ccc(NS(C)(=O)=O)cc1. The maximum Gasteiger partial charge on any atom is 0.229 e. The molecule has 0 aromatic heterocycles. The first-order valence-corrected chi connectivity index (χ1v) is 12.6. The van der Waals surface area contributed by atoms with E-state index in [2.05, 4.69) is 28.7 Å². The number of rotatable bonds is 7. The van der Waals surface area contributed by atoms with Gasteiger partial charge in [-0.15, -0.1) is 0 Å². The molecule has 2 aromatic rings. The zero-order chi connectivity index (χ0) is 21.4. The third-order valence-corrected chi connectivity index (χ3v) is 7.23. The Hall–Kier alpha value is -1.89. The number of likely N-dealkylation sites (tertiary alicyclic amines) is 1. The van der Waals surface area contributed by atoms with E-state index in [9.17, 15) is 13.5 Å². The van der Waals surface area contributed by atoms with E-state index < -0.39 is 15.6 Å². The second kappa shape index (κ2) is 8.33. The molecule has 30 heavy (non-hydrogen) atoms. The number of fused-ring (bicyclic) bond motifs is 1. The van der Waals surface area contributed by atoms with Crippen molar-refractivity contribution < 1.29 is 13.5 Å². The number of hydrogen-bond acceptors (Lipinski definition) is 4. The molecule has 4 atom stereocenters. The van der Waals surface area contributed by atoms with E-state index in [1.54, 1.807) is 0 Å². The number of nitrogens with one attached hydrogen (secondary N) is 1. The van der Waals surface area contributed by atoms with E-state index in [-0.39, 0.29) is 0 Å². The van der Waals surface area contributed by atoms with Gasteiger partial charge in [-0.3, -0.25) is 4.72 Å². The van der Waals surface area contributed by atoms with Crippen molar-refractivity contribution in [3.63, 3.8) is 0 Å². The number of aliphatic hydroxyl groups is 1. The highest BCUT2D eigenvalue weighted by Gasteiger charge is 2.48. The first-order chi connectivity index (χ1) is 14.2. The first-order valence-electron chi connectivity index (χ1n) is 10.8. The zero-order valence-corrected chi connectivity index (χ0v) is 18.6. The molecule has 2 unspecified atom stereocenters. The summed E-state index contributed by atoms with van der Waals surface area (Å²) in [7, 11) is -3.25. The molecule has 0 spiro atoms. The Balaban J connectivity index is 1.30. The Morgan fingerprint density at radius 3 is 2.23 bits per heavy atom. The van der Waals surface area contributed by atoms with Gasteiger partial charge in [0.2, 0.25) is 10.0 Å². The van der Waals surface area contributed by atoms with Gasteiger partial charge < -0.3 is 10.0 Å². The smallest absolute Gasteiger partial charge is 0.229 e. The normalized spacial score (nSPS) is 27.7. The van der Waals surface area contributed by atoms with Crippen LogP contribution in [0, 0.1) is 11.8 Å². The molecular formula is C24H32N2O3S. The first kappa shape index (κ1) is 21.3. The number of sulfonamides is 1. The predicted molar refractivity (Wildman–Crippen MR) is 121 cm³/mol. The molecule has 2 fully saturated rings. The molecule has 0 bridgehead atoms. The lowest BCUT2D eigenvalue weighted by molar-refractivity contribution is 0.0353. The zero-order valence-electron chi connectivity index (χ0n) is 17.8. The minimum Gasteiger partial charge on any atom is -0.390 e. The fraction of sp³-hybridized carbons (Fsp3) is 0.500. The van der Waals surface area contributed by atoms with Crippen LogP contribution < -0.4 is 4.72 Å². The summed E-state index contributed by atoms with van der Waals surface area (Å²) in [5, 5.41) is 11.1. The van der Waals surface area contributed by atoms with Gasteiger partial charge in [0, 0.05) is 31.7 Å². The average molecular weight is 429 g/mol. The molecule has 5 nitrogen and oxygen atoms in total. The minimum atomic E-state index is -3.25. The molecule has 2 aromatic carbocycles. The topological polar surface area (TPSA) is 69.6 Å². The van der Waals surface area contributed by atoms with Crippen LogP contribution in [0.15, 0.2) is 54.6 Å². The molecule has 0 radical (unpaired) electrons. The Labute approximate surface area is 180 Å². The maximum atomic E-state index is 11.4. The van der Waals surface area contributed by atoms with Crippen LogP contribution in [0.25, 0.3) is 0 Å². The van der Waals surface area contributed by atoms with E-state index in [0.717, 1.165) is 45.2 Å². The molecule has 1 saturated heterocycles. The highest BCUT2D eigenvalue weighted by molar-refractivity contribution is 7.92. The standard InChI is InChI=1S/C24H32N2O3S/c1-18(20-8-10-23(11-9-20)25-30(2,28)29)15-26-16-21-13-24(27,14-22(21)17-26)12-19-6-4-3-5-7-19/h3-11,18,21-22,25,27H,12-17H2,1-2H3/t18?,21-,22+,24?. The molecule has 2 N–H and O–H groups in total. The summed E-state index contributed by atoms with van der Waals surface area (Å²) < 4.78 is 25.2. The van der Waals surface area contributed by atoms with Gasteiger partial charge in [-0.1, -0.05) is 49.4 Å². The van der Waals surface area contributed by atoms with Crippen molar-refractivity contribution in [1.29, 1.82) is 0 Å². The summed E-state index contributed by atoms with van der Waals surface area (Å²) >= 11 is 0. The summed E-state index contributed by atoms with van der Waals surface area (Å²) in [5.41, 5.74) is 2.48. The van der Waals surface area contributed by atoms with E-state index >= 15 is 0 Å². The summed E-state index contributed by atoms with van der Waals surface area (Å²) in [6, 6.07) is 18.0. The summed E-state index contributed by atoms with van der Waals surface area (Å²) in [6.45, 7) is 5.32. The lowest BCUT2D eigenvalue weighted by Gasteiger charge is -2.27. The Morgan fingerprint density at radius 2 is 1.67 bits per heavy atom. The molecule has 1 heterocycles. The second-order valence-electron chi connectivity index (χ2n) is 9.43. The van der Waals surface area contributed by atoms with Gasteiger partial charge in [-0.05, 0) is 53.9 Å². The monoisotopic (exact) mass is 428 g/mol. The van der Waals surface area contributed by atoms with Crippen molar-refractivity contribution in [2.24, 2.45) is 11.8 Å². The average Bonchev–Trinajstić information content (AvgIpc) is 3.15. The van der Waals surface area contributed by atoms with Gasteiger partial charge in [-0.25, -0.2) is 8.42 Å². The van der Waals surface area contributed by atoms with E-state index in [0.29, 0.717) is 23.4 Å². The van der Waals surface area contributed by atoms with Crippen LogP contribution in [0.3, 0.4) is 0 Å². The summed E-state index contributed by atoms with van der Waals surface area (Å²) in [4.78, 5) is 2.53. The van der Waals surface area contributed by atoms with E-state index in [1.165, 1.54) is 11.1 Å². The molecular weight excluding hydrogens is 396 g/mol. The van der Waals surface area contributed by atoms with Crippen molar-refractivity contribution in [1.82, 2.24) is 4.90 Å². The third-order valence-electron chi connectivity index (χ3n) is 6.63. The number of hydrogen-bond donors (Lipinski definition) is 2. The third kappa shape index (κ3) is 5.23. The molecule has 0 amide bonds. The Kier molecular flexibility index (Phi) is 5.93. The maximum absolute atomic E-state index is 11.4. The minimum absolute atomic E-state index is 0.374. The van der Waals surface area contributed by atoms with Crippen LogP contribution >= 0.6 is 0 Å². The molecule has 1 aliphatic carbocycles. The van der Waals surface area contributed by atoms with Crippen molar-refractivity contribution in [2.75, 3.05) is 30.6 Å². The Morgan fingerprint density at radius 1 is 1.07 bits per heavy atom. The van der Waals surface area contributed by atoms with E-state index in [1.807, 2.05) is 42.5 Å². The lowest BCUT2D eigenvalue weighted by atomic mass is 9.91. The fourth-order valence-electron chi connectivity index (χ4n) is 5.41. The van der Waals surface area contributed by atoms with Gasteiger partial charge in [0.25, 0.3) is 0 Å². The second-order valence-corrected chi connectivity index (χ2v) is 11.2. The van der Waals surface area contributed by atoms with Crippen molar-refractivity contribution >= 4 is 15.7 Å². The molecule has 1 aliphatic heterocycles. The van der Waals surface area contributed by atoms with Gasteiger partial charge in [-0.2, -0.15) is 0 Å². The van der Waals surface area contributed by atoms with Crippen LogP contribution in [0.2, 0.25) is 0 Å². The highest BCUT2D eigenvalue weighted by atomic mass is 32.2. The Bertz CT molecular complexity index is 946. The largest absolute Gasteiger partial charge is 0.390 e. The highest BCUT2D eigenvalue weighted by Crippen LogP contribution is 2.45. The molecule has 4 rings (SSSR count). The predicted octanol–water partition coefficient (Wildman–Crippen LogP) is 3.48. The fourth-order valence-corrected chi connectivity index (χ4v) is 5.98. The van der Waals surface area contributed by atoms with Crippen LogP contribution in [-0.4, -0.2) is 49.9 Å². The number of nitrogens with zero attached hydrogens (tertiary/aromatic N) is 1. The number of benzene rings is 2. The van der Waals surface area contributed by atoms with Crippen LogP contribution in [-0.2, 0) is 16.4 Å². The van der Waals surface area contributed by atoms with Gasteiger partial charge in [0.1, 0.15) is 0 Å². The molecule has 1 saturated carbocycles.